The minimum Gasteiger partial charge on any atom is -0.481 e. The molecule has 3 unspecified atom stereocenters. The summed E-state index contributed by atoms with van der Waals surface area (Å²) in [4.78, 5) is 54.0. The Balaban J connectivity index is 1.69. The summed E-state index contributed by atoms with van der Waals surface area (Å²) in [7, 11) is 0. The molecule has 0 saturated carbocycles. The highest BCUT2D eigenvalue weighted by Crippen LogP contribution is 2.33. The topological polar surface area (TPSA) is 185 Å². The first-order valence-electron chi connectivity index (χ1n) is 15.2. The highest BCUT2D eigenvalue weighted by Gasteiger charge is 2.33. The number of hydrogen-bond donors (Lipinski definition) is 7. The van der Waals surface area contributed by atoms with Crippen molar-refractivity contribution < 1.29 is 34.5 Å². The standard InChI is InChI=1S/C34H42N4O7S/c1-7-23-17(3)33(44)38-28(23)14-26-16(2)24(9-11-31(42)43)29(36-26)15-27-21(8-10-30(40)41)12-22(35-27)13-25-18(4)32(34(45)37-25)19(5)46-20(6)39/h7,12,14,19,25,34-37,45H,1,8-11,13,15H2,2-6H3,(H,38,44)(H,40,41)(H,42,43). The quantitative estimate of drug-likeness (QED) is 0.148. The first-order chi connectivity index (χ1) is 21.7. The Morgan fingerprint density at radius 1 is 1.07 bits per heavy atom. The number of hydrogen-bond acceptors (Lipinski definition) is 7. The predicted octanol–water partition coefficient (Wildman–Crippen LogP) is 4.07. The van der Waals surface area contributed by atoms with E-state index in [1.54, 1.807) is 13.0 Å². The molecule has 0 saturated heterocycles. The monoisotopic (exact) mass is 650 g/mol. The van der Waals surface area contributed by atoms with Gasteiger partial charge in [-0.15, -0.1) is 0 Å². The van der Waals surface area contributed by atoms with Gasteiger partial charge in [0.15, 0.2) is 5.12 Å². The maximum atomic E-state index is 12.3. The number of H-pyrrole nitrogens is 2. The number of nitrogens with one attached hydrogen (secondary N) is 4. The number of aliphatic hydroxyl groups is 1. The van der Waals surface area contributed by atoms with Gasteiger partial charge < -0.3 is 30.6 Å². The van der Waals surface area contributed by atoms with Crippen molar-refractivity contribution in [1.29, 1.82) is 0 Å². The van der Waals surface area contributed by atoms with Crippen LogP contribution in [0.1, 0.15) is 80.0 Å². The molecule has 2 aromatic rings. The van der Waals surface area contributed by atoms with Gasteiger partial charge in [-0.2, -0.15) is 0 Å². The van der Waals surface area contributed by atoms with E-state index in [9.17, 15) is 34.5 Å². The fourth-order valence-electron chi connectivity index (χ4n) is 6.34. The Hall–Kier alpha value is -4.13. The van der Waals surface area contributed by atoms with Gasteiger partial charge in [-0.1, -0.05) is 30.0 Å². The molecule has 3 atom stereocenters. The molecule has 0 spiro atoms. The van der Waals surface area contributed by atoms with Crippen LogP contribution in [0, 0.1) is 6.92 Å². The van der Waals surface area contributed by atoms with Crippen molar-refractivity contribution in [3.05, 3.63) is 86.2 Å². The summed E-state index contributed by atoms with van der Waals surface area (Å²) in [5, 5.41) is 35.5. The van der Waals surface area contributed by atoms with E-state index >= 15 is 0 Å². The Morgan fingerprint density at radius 3 is 2.37 bits per heavy atom. The van der Waals surface area contributed by atoms with Gasteiger partial charge in [-0.3, -0.25) is 24.5 Å². The second-order valence-corrected chi connectivity index (χ2v) is 13.4. The van der Waals surface area contributed by atoms with E-state index in [0.717, 1.165) is 50.6 Å². The number of aliphatic hydroxyl groups excluding tert-OH is 1. The van der Waals surface area contributed by atoms with Gasteiger partial charge in [0, 0.05) is 77.8 Å². The fourth-order valence-corrected chi connectivity index (χ4v) is 7.28. The first-order valence-corrected chi connectivity index (χ1v) is 16.1. The van der Waals surface area contributed by atoms with Crippen LogP contribution in [0.15, 0.2) is 46.7 Å². The Kier molecular flexibility index (Phi) is 11.0. The van der Waals surface area contributed by atoms with Crippen LogP contribution in [0.4, 0.5) is 0 Å². The summed E-state index contributed by atoms with van der Waals surface area (Å²) in [5.41, 5.74) is 9.36. The Morgan fingerprint density at radius 2 is 1.74 bits per heavy atom. The molecule has 0 fully saturated rings. The number of aryl methyl sites for hydroxylation is 1. The maximum absolute atomic E-state index is 12.3. The molecule has 7 N–H and O–H groups in total. The molecule has 0 aliphatic carbocycles. The second kappa shape index (κ2) is 14.5. The van der Waals surface area contributed by atoms with Gasteiger partial charge in [0.2, 0.25) is 0 Å². The lowest BCUT2D eigenvalue weighted by atomic mass is 9.99. The van der Waals surface area contributed by atoms with E-state index in [1.807, 2.05) is 32.9 Å². The van der Waals surface area contributed by atoms with Crippen LogP contribution >= 0.6 is 11.8 Å². The largest absolute Gasteiger partial charge is 0.481 e. The van der Waals surface area contributed by atoms with Crippen molar-refractivity contribution in [2.24, 2.45) is 0 Å². The molecule has 2 aromatic heterocycles. The van der Waals surface area contributed by atoms with Crippen LogP contribution in [0.3, 0.4) is 0 Å². The van der Waals surface area contributed by atoms with Crippen molar-refractivity contribution in [1.82, 2.24) is 20.6 Å². The van der Waals surface area contributed by atoms with Gasteiger partial charge in [-0.05, 0) is 74.9 Å². The summed E-state index contributed by atoms with van der Waals surface area (Å²) < 4.78 is 0. The number of carbonyl (C=O) groups is 4. The minimum absolute atomic E-state index is 0.0251. The smallest absolute Gasteiger partial charge is 0.303 e. The molecule has 0 bridgehead atoms. The minimum atomic E-state index is -0.920. The molecule has 1 amide bonds. The average molecular weight is 651 g/mol. The van der Waals surface area contributed by atoms with E-state index in [1.165, 1.54) is 18.7 Å². The maximum Gasteiger partial charge on any atom is 0.303 e. The number of amides is 1. The molecule has 12 heteroatoms. The van der Waals surface area contributed by atoms with Crippen molar-refractivity contribution in [3.63, 3.8) is 0 Å². The predicted molar refractivity (Wildman–Crippen MR) is 177 cm³/mol. The van der Waals surface area contributed by atoms with Crippen LogP contribution < -0.4 is 10.6 Å². The molecule has 2 aliphatic rings. The molecule has 4 rings (SSSR count). The lowest BCUT2D eigenvalue weighted by Crippen LogP contribution is -2.34. The number of thioether (sulfide) groups is 1. The zero-order chi connectivity index (χ0) is 33.9. The summed E-state index contributed by atoms with van der Waals surface area (Å²) in [5.74, 6) is -2.04. The lowest BCUT2D eigenvalue weighted by molar-refractivity contribution is -0.138. The van der Waals surface area contributed by atoms with Gasteiger partial charge in [0.25, 0.3) is 5.91 Å². The third kappa shape index (κ3) is 7.80. The Bertz CT molecular complexity index is 1680. The van der Waals surface area contributed by atoms with E-state index in [0.29, 0.717) is 36.1 Å². The van der Waals surface area contributed by atoms with E-state index in [4.69, 9.17) is 0 Å². The normalized spacial score (nSPS) is 19.7. The Labute approximate surface area is 272 Å². The zero-order valence-corrected chi connectivity index (χ0v) is 27.6. The van der Waals surface area contributed by atoms with Gasteiger partial charge in [0.1, 0.15) is 6.23 Å². The van der Waals surface area contributed by atoms with Crippen LogP contribution in [0.5, 0.6) is 0 Å². The summed E-state index contributed by atoms with van der Waals surface area (Å²) >= 11 is 1.17. The number of aliphatic carboxylic acids is 2. The molecular weight excluding hydrogens is 608 g/mol. The SMILES string of the molecule is C=CC1=C(C)C(=O)NC1=Cc1[nH]c(Cc2[nH]c(CC3NC(O)C(C(C)SC(C)=O)=C3C)cc2CCC(=O)O)c(CCC(=O)O)c1C. The first kappa shape index (κ1) is 34.7. The zero-order valence-electron chi connectivity index (χ0n) is 26.8. The van der Waals surface area contributed by atoms with Gasteiger partial charge in [-0.25, -0.2) is 0 Å². The average Bonchev–Trinajstić information content (AvgIpc) is 3.65. The number of rotatable bonds is 14. The second-order valence-electron chi connectivity index (χ2n) is 11.9. The number of carbonyl (C=O) groups excluding carboxylic acids is 2. The molecule has 2 aliphatic heterocycles. The summed E-state index contributed by atoms with van der Waals surface area (Å²) in [6.45, 7) is 12.8. The number of allylic oxidation sites excluding steroid dienone is 1. The van der Waals surface area contributed by atoms with Crippen LogP contribution in [-0.4, -0.2) is 65.8 Å². The molecule has 0 radical (unpaired) electrons. The molecular formula is C34H42N4O7S. The van der Waals surface area contributed by atoms with E-state index in [2.05, 4.69) is 27.2 Å². The number of carboxylic acid groups (broad SMARTS) is 2. The molecule has 4 heterocycles. The molecule has 11 nitrogen and oxygen atoms in total. The van der Waals surface area contributed by atoms with Crippen LogP contribution in [0.2, 0.25) is 0 Å². The lowest BCUT2D eigenvalue weighted by Gasteiger charge is -2.15. The number of aromatic nitrogens is 2. The number of aromatic amines is 2. The van der Waals surface area contributed by atoms with E-state index in [-0.39, 0.29) is 41.6 Å². The molecule has 0 aromatic carbocycles. The summed E-state index contributed by atoms with van der Waals surface area (Å²) in [6.07, 6.45) is 3.92. The van der Waals surface area contributed by atoms with Crippen LogP contribution in [0.25, 0.3) is 6.08 Å². The summed E-state index contributed by atoms with van der Waals surface area (Å²) in [6, 6.07) is 1.77. The van der Waals surface area contributed by atoms with Crippen LogP contribution in [-0.2, 0) is 44.9 Å². The number of carboxylic acids is 2. The van der Waals surface area contributed by atoms with Crippen molar-refractivity contribution in [2.75, 3.05) is 0 Å². The molecule has 46 heavy (non-hydrogen) atoms. The fraction of sp³-hybridized carbons (Fsp3) is 0.412. The van der Waals surface area contributed by atoms with Crippen molar-refractivity contribution >= 4 is 40.8 Å². The third-order valence-electron chi connectivity index (χ3n) is 8.72. The molecule has 246 valence electrons. The highest BCUT2D eigenvalue weighted by atomic mass is 32.2. The van der Waals surface area contributed by atoms with Gasteiger partial charge in [0.05, 0.1) is 5.70 Å². The van der Waals surface area contributed by atoms with Crippen molar-refractivity contribution in [2.45, 2.75) is 90.7 Å². The highest BCUT2D eigenvalue weighted by molar-refractivity contribution is 8.14. The van der Waals surface area contributed by atoms with E-state index < -0.39 is 18.2 Å². The van der Waals surface area contributed by atoms with Crippen molar-refractivity contribution in [3.8, 4) is 0 Å². The van der Waals surface area contributed by atoms with Gasteiger partial charge >= 0.3 is 11.9 Å². The third-order valence-corrected chi connectivity index (χ3v) is 9.66.